The van der Waals surface area contributed by atoms with Crippen molar-refractivity contribution < 1.29 is 0 Å². The number of anilines is 1. The molecule has 5 heteroatoms. The molecule has 0 amide bonds. The molecule has 1 rings (SSSR count). The lowest BCUT2D eigenvalue weighted by Gasteiger charge is -2.04. The van der Waals surface area contributed by atoms with E-state index in [0.717, 1.165) is 10.0 Å². The Bertz CT molecular complexity index is 332. The van der Waals surface area contributed by atoms with Gasteiger partial charge in [0.05, 0.1) is 4.88 Å². The van der Waals surface area contributed by atoms with Gasteiger partial charge in [0.15, 0.2) is 5.13 Å². The minimum Gasteiger partial charge on any atom is -0.354 e. The van der Waals surface area contributed by atoms with Crippen LogP contribution >= 0.6 is 34.5 Å². The van der Waals surface area contributed by atoms with Gasteiger partial charge in [0.2, 0.25) is 0 Å². The Morgan fingerprint density at radius 1 is 1.50 bits per heavy atom. The highest BCUT2D eigenvalue weighted by atomic mass is 35.5. The van der Waals surface area contributed by atoms with Gasteiger partial charge in [0.25, 0.3) is 0 Å². The van der Waals surface area contributed by atoms with Gasteiger partial charge in [0, 0.05) is 19.5 Å². The van der Waals surface area contributed by atoms with Gasteiger partial charge in [-0.1, -0.05) is 29.0 Å². The number of alkyl halides is 1. The number of thiazole rings is 1. The highest BCUT2D eigenvalue weighted by molar-refractivity contribution is 7.17. The van der Waals surface area contributed by atoms with Crippen molar-refractivity contribution in [2.24, 2.45) is 0 Å². The normalized spacial score (nSPS) is 13.5. The Balaban J connectivity index is 2.88. The van der Waals surface area contributed by atoms with E-state index in [9.17, 15) is 0 Å². The standard InChI is InChI=1S/C9H12Cl2N2S/c1-6(10)4-5-7-8(11)12-9(14-7)13(2)3/h4-6H,1-3H3/b5-4+. The first-order valence-corrected chi connectivity index (χ1v) is 5.79. The molecule has 0 radical (unpaired) electrons. The van der Waals surface area contributed by atoms with Crippen LogP contribution in [0.15, 0.2) is 6.08 Å². The summed E-state index contributed by atoms with van der Waals surface area (Å²) in [5, 5.41) is 1.44. The number of halogens is 2. The molecule has 0 saturated carbocycles. The number of hydrogen-bond acceptors (Lipinski definition) is 3. The quantitative estimate of drug-likeness (QED) is 0.764. The molecule has 1 atom stereocenters. The summed E-state index contributed by atoms with van der Waals surface area (Å²) < 4.78 is 0. The molecular formula is C9H12Cl2N2S. The second-order valence-electron chi connectivity index (χ2n) is 3.08. The molecule has 0 aliphatic carbocycles. The smallest absolute Gasteiger partial charge is 0.186 e. The van der Waals surface area contributed by atoms with Crippen molar-refractivity contribution in [3.8, 4) is 0 Å². The van der Waals surface area contributed by atoms with Crippen molar-refractivity contribution in [1.82, 2.24) is 4.98 Å². The zero-order chi connectivity index (χ0) is 10.7. The third-order valence-corrected chi connectivity index (χ3v) is 3.23. The average Bonchev–Trinajstić information content (AvgIpc) is 2.43. The molecule has 14 heavy (non-hydrogen) atoms. The highest BCUT2D eigenvalue weighted by Crippen LogP contribution is 2.29. The van der Waals surface area contributed by atoms with Gasteiger partial charge in [-0.15, -0.1) is 11.6 Å². The molecule has 0 aliphatic rings. The molecule has 0 saturated heterocycles. The fraction of sp³-hybridized carbons (Fsp3) is 0.444. The Morgan fingerprint density at radius 2 is 2.14 bits per heavy atom. The van der Waals surface area contributed by atoms with E-state index in [1.54, 1.807) is 11.3 Å². The van der Waals surface area contributed by atoms with Crippen molar-refractivity contribution in [3.05, 3.63) is 16.1 Å². The van der Waals surface area contributed by atoms with Gasteiger partial charge < -0.3 is 4.90 Å². The molecule has 0 spiro atoms. The van der Waals surface area contributed by atoms with Crippen molar-refractivity contribution in [3.63, 3.8) is 0 Å². The van der Waals surface area contributed by atoms with Gasteiger partial charge in [0.1, 0.15) is 5.15 Å². The molecule has 78 valence electrons. The lowest BCUT2D eigenvalue weighted by molar-refractivity contribution is 1.10. The molecule has 1 aromatic heterocycles. The Hall–Kier alpha value is -0.250. The van der Waals surface area contributed by atoms with E-state index < -0.39 is 0 Å². The summed E-state index contributed by atoms with van der Waals surface area (Å²) in [6, 6.07) is 0. The van der Waals surface area contributed by atoms with E-state index >= 15 is 0 Å². The number of aromatic nitrogens is 1. The second kappa shape index (κ2) is 5.01. The molecule has 2 nitrogen and oxygen atoms in total. The molecule has 0 aliphatic heterocycles. The minimum atomic E-state index is 0.0102. The van der Waals surface area contributed by atoms with Crippen molar-refractivity contribution in [2.75, 3.05) is 19.0 Å². The third-order valence-electron chi connectivity index (χ3n) is 1.49. The fourth-order valence-corrected chi connectivity index (χ4v) is 1.99. The van der Waals surface area contributed by atoms with E-state index in [1.165, 1.54) is 0 Å². The van der Waals surface area contributed by atoms with Crippen LogP contribution in [0, 0.1) is 0 Å². The first-order chi connectivity index (χ1) is 6.50. The molecule has 1 aromatic rings. The summed E-state index contributed by atoms with van der Waals surface area (Å²) >= 11 is 13.3. The second-order valence-corrected chi connectivity index (χ2v) is 5.14. The lowest BCUT2D eigenvalue weighted by Crippen LogP contribution is -2.07. The van der Waals surface area contributed by atoms with Gasteiger partial charge in [-0.25, -0.2) is 4.98 Å². The molecule has 1 unspecified atom stereocenters. The van der Waals surface area contributed by atoms with Crippen LogP contribution in [-0.2, 0) is 0 Å². The van der Waals surface area contributed by atoms with E-state index in [1.807, 2.05) is 38.1 Å². The molecule has 0 N–H and O–H groups in total. The number of rotatable bonds is 3. The largest absolute Gasteiger partial charge is 0.354 e. The lowest BCUT2D eigenvalue weighted by atomic mass is 10.4. The Morgan fingerprint density at radius 3 is 2.57 bits per heavy atom. The minimum absolute atomic E-state index is 0.0102. The van der Waals surface area contributed by atoms with Crippen LogP contribution < -0.4 is 4.90 Å². The number of nitrogens with zero attached hydrogens (tertiary/aromatic N) is 2. The van der Waals surface area contributed by atoms with E-state index in [2.05, 4.69) is 4.98 Å². The molecule has 0 bridgehead atoms. The van der Waals surface area contributed by atoms with Gasteiger partial charge in [-0.3, -0.25) is 0 Å². The van der Waals surface area contributed by atoms with E-state index in [4.69, 9.17) is 23.2 Å². The maximum Gasteiger partial charge on any atom is 0.186 e. The van der Waals surface area contributed by atoms with Crippen LogP contribution in [0.2, 0.25) is 5.15 Å². The average molecular weight is 251 g/mol. The van der Waals surface area contributed by atoms with E-state index in [-0.39, 0.29) is 5.38 Å². The molecular weight excluding hydrogens is 239 g/mol. The fourth-order valence-electron chi connectivity index (χ4n) is 0.816. The van der Waals surface area contributed by atoms with Crippen LogP contribution in [-0.4, -0.2) is 24.5 Å². The van der Waals surface area contributed by atoms with Gasteiger partial charge in [-0.05, 0) is 13.0 Å². The molecule has 1 heterocycles. The predicted octanol–water partition coefficient (Wildman–Crippen LogP) is 3.50. The zero-order valence-corrected chi connectivity index (χ0v) is 10.6. The highest BCUT2D eigenvalue weighted by Gasteiger charge is 2.07. The summed E-state index contributed by atoms with van der Waals surface area (Å²) in [7, 11) is 3.87. The Labute approximate surface area is 98.2 Å². The van der Waals surface area contributed by atoms with Gasteiger partial charge >= 0.3 is 0 Å². The summed E-state index contributed by atoms with van der Waals surface area (Å²) in [4.78, 5) is 7.08. The summed E-state index contributed by atoms with van der Waals surface area (Å²) in [6.07, 6.45) is 3.80. The van der Waals surface area contributed by atoms with Crippen LogP contribution in [0.5, 0.6) is 0 Å². The first-order valence-electron chi connectivity index (χ1n) is 4.16. The third kappa shape index (κ3) is 3.15. The van der Waals surface area contributed by atoms with Crippen LogP contribution in [0.1, 0.15) is 11.8 Å². The Kier molecular flexibility index (Phi) is 4.23. The van der Waals surface area contributed by atoms with E-state index in [0.29, 0.717) is 5.15 Å². The van der Waals surface area contributed by atoms with Crippen molar-refractivity contribution >= 4 is 45.7 Å². The SMILES string of the molecule is CC(Cl)/C=C/c1sc(N(C)C)nc1Cl. The summed E-state index contributed by atoms with van der Waals surface area (Å²) in [6.45, 7) is 1.90. The van der Waals surface area contributed by atoms with Crippen LogP contribution in [0.4, 0.5) is 5.13 Å². The number of hydrogen-bond donors (Lipinski definition) is 0. The maximum absolute atomic E-state index is 5.95. The maximum atomic E-state index is 5.95. The first kappa shape index (κ1) is 11.8. The van der Waals surface area contributed by atoms with Crippen molar-refractivity contribution in [2.45, 2.75) is 12.3 Å². The summed E-state index contributed by atoms with van der Waals surface area (Å²) in [5.41, 5.74) is 0. The zero-order valence-electron chi connectivity index (χ0n) is 8.29. The monoisotopic (exact) mass is 250 g/mol. The summed E-state index contributed by atoms with van der Waals surface area (Å²) in [5.74, 6) is 0. The molecule has 0 fully saturated rings. The van der Waals surface area contributed by atoms with Crippen LogP contribution in [0.25, 0.3) is 6.08 Å². The van der Waals surface area contributed by atoms with Gasteiger partial charge in [-0.2, -0.15) is 0 Å². The number of allylic oxidation sites excluding steroid dienone is 1. The van der Waals surface area contributed by atoms with Crippen molar-refractivity contribution in [1.29, 1.82) is 0 Å². The topological polar surface area (TPSA) is 16.1 Å². The molecule has 0 aromatic carbocycles. The predicted molar refractivity (Wildman–Crippen MR) is 65.8 cm³/mol. The van der Waals surface area contributed by atoms with Crippen LogP contribution in [0.3, 0.4) is 0 Å².